The van der Waals surface area contributed by atoms with Crippen LogP contribution in [-0.4, -0.2) is 46.1 Å². The van der Waals surface area contributed by atoms with Crippen molar-refractivity contribution >= 4 is 45.2 Å². The van der Waals surface area contributed by atoms with E-state index >= 15 is 0 Å². The number of carbonyl (C=O) groups excluding carboxylic acids is 3. The molecule has 3 N–H and O–H groups in total. The van der Waals surface area contributed by atoms with Gasteiger partial charge in [-0.3, -0.25) is 14.6 Å². The largest absolute Gasteiger partial charge is 0.542 e. The number of nitrogens with two attached hydrogens (primary N) is 1. The first kappa shape index (κ1) is 29.9. The number of amides is 3. The number of anilines is 2. The Bertz CT molecular complexity index is 1930. The zero-order valence-corrected chi connectivity index (χ0v) is 26.2. The van der Waals surface area contributed by atoms with Gasteiger partial charge in [0.05, 0.1) is 38.4 Å². The van der Waals surface area contributed by atoms with E-state index in [0.717, 1.165) is 22.5 Å². The molecule has 1 aliphatic rings. The van der Waals surface area contributed by atoms with Crippen LogP contribution >= 0.6 is 15.9 Å². The molecule has 0 aliphatic carbocycles. The van der Waals surface area contributed by atoms with Crippen LogP contribution in [-0.2, 0) is 13.1 Å². The Morgan fingerprint density at radius 2 is 1.64 bits per heavy atom. The van der Waals surface area contributed by atoms with E-state index in [4.69, 9.17) is 10.6 Å². The van der Waals surface area contributed by atoms with E-state index in [1.54, 1.807) is 47.5 Å². The molecular formula is C34H30BrN6O4+. The van der Waals surface area contributed by atoms with Crippen LogP contribution in [0.15, 0.2) is 108 Å². The number of quaternary nitrogens is 1. The number of nitrogens with zero attached hydrogens (tertiary/aromatic N) is 4. The van der Waals surface area contributed by atoms with Crippen molar-refractivity contribution in [2.75, 3.05) is 24.3 Å². The predicted molar refractivity (Wildman–Crippen MR) is 175 cm³/mol. The topological polar surface area (TPSA) is 120 Å². The van der Waals surface area contributed by atoms with Gasteiger partial charge in [-0.2, -0.15) is 15.2 Å². The molecule has 0 unspecified atom stereocenters. The second-order valence-corrected chi connectivity index (χ2v) is 11.9. The lowest BCUT2D eigenvalue weighted by molar-refractivity contribution is -0.827. The van der Waals surface area contributed by atoms with E-state index < -0.39 is 10.7 Å². The molecular weight excluding hydrogens is 636 g/mol. The number of fused-ring (bicyclic) bond motifs is 2. The van der Waals surface area contributed by atoms with E-state index in [0.29, 0.717) is 39.4 Å². The van der Waals surface area contributed by atoms with Gasteiger partial charge in [-0.05, 0) is 70.0 Å². The third-order valence-corrected chi connectivity index (χ3v) is 8.10. The molecule has 1 aliphatic heterocycles. The van der Waals surface area contributed by atoms with Crippen molar-refractivity contribution < 1.29 is 23.7 Å². The zero-order chi connectivity index (χ0) is 31.7. The molecule has 0 bridgehead atoms. The van der Waals surface area contributed by atoms with Crippen molar-refractivity contribution in [1.29, 1.82) is 0 Å². The molecule has 6 rings (SSSR count). The zero-order valence-electron chi connectivity index (χ0n) is 24.6. The van der Waals surface area contributed by atoms with Gasteiger partial charge in [0.15, 0.2) is 0 Å². The number of halogens is 1. The average molecular weight is 667 g/mol. The Morgan fingerprint density at radius 3 is 2.40 bits per heavy atom. The van der Waals surface area contributed by atoms with Gasteiger partial charge in [0, 0.05) is 44.9 Å². The van der Waals surface area contributed by atoms with Gasteiger partial charge in [0.25, 0.3) is 11.8 Å². The van der Waals surface area contributed by atoms with Crippen molar-refractivity contribution in [3.63, 3.8) is 0 Å². The Labute approximate surface area is 268 Å². The molecule has 3 heterocycles. The SMILES string of the molecule is C[N+](C)(N)C(=O)Oc1ccc2n1Cc1ccccc1N(C(=O)c1ccc(NC(=O)c3ccccc3-c3ccccn3)cc1Br)C2. The summed E-state index contributed by atoms with van der Waals surface area (Å²) in [5.41, 5.74) is 5.26. The monoisotopic (exact) mass is 665 g/mol. The molecule has 0 saturated heterocycles. The first-order valence-electron chi connectivity index (χ1n) is 14.1. The number of ether oxygens (including phenoxy) is 1. The summed E-state index contributed by atoms with van der Waals surface area (Å²) in [6.45, 7) is 0.637. The minimum atomic E-state index is -0.613. The lowest BCUT2D eigenvalue weighted by atomic mass is 10.0. The van der Waals surface area contributed by atoms with Crippen molar-refractivity contribution in [1.82, 2.24) is 9.55 Å². The molecule has 45 heavy (non-hydrogen) atoms. The van der Waals surface area contributed by atoms with Crippen LogP contribution in [0.2, 0.25) is 0 Å². The first-order valence-corrected chi connectivity index (χ1v) is 14.9. The number of hydrogen-bond donors (Lipinski definition) is 2. The maximum absolute atomic E-state index is 14.1. The third-order valence-electron chi connectivity index (χ3n) is 7.44. The number of pyridine rings is 1. The quantitative estimate of drug-likeness (QED) is 0.0995. The van der Waals surface area contributed by atoms with Crippen molar-refractivity contribution in [3.8, 4) is 17.1 Å². The van der Waals surface area contributed by atoms with Gasteiger partial charge < -0.3 is 19.5 Å². The summed E-state index contributed by atoms with van der Waals surface area (Å²) in [6.07, 6.45) is 1.07. The van der Waals surface area contributed by atoms with Crippen LogP contribution in [0.5, 0.6) is 5.88 Å². The summed E-state index contributed by atoms with van der Waals surface area (Å²) in [7, 11) is 3.06. The van der Waals surface area contributed by atoms with Gasteiger partial charge in [0.1, 0.15) is 0 Å². The highest BCUT2D eigenvalue weighted by atomic mass is 79.9. The number of benzene rings is 3. The molecule has 2 aromatic heterocycles. The minimum Gasteiger partial charge on any atom is -0.362 e. The van der Waals surface area contributed by atoms with Crippen molar-refractivity contribution in [2.24, 2.45) is 5.84 Å². The van der Waals surface area contributed by atoms with Crippen molar-refractivity contribution in [3.05, 3.63) is 130 Å². The Balaban J connectivity index is 1.26. The average Bonchev–Trinajstić information content (AvgIpc) is 3.31. The molecule has 3 amide bonds. The molecule has 10 nitrogen and oxygen atoms in total. The fourth-order valence-corrected chi connectivity index (χ4v) is 5.69. The standard InChI is InChI=1S/C34H29BrN6O4/c1-41(2,36)34(44)45-31-17-15-24-21-40(30-13-6-3-9-22(30)20-39(24)31)33(43)27-16-14-23(19-28(27)35)38-32(42)26-11-5-4-10-25(26)29-12-7-8-18-37-29/h3-19H,20-21,36H2,1-2H3/p+1. The van der Waals surface area contributed by atoms with Crippen LogP contribution in [0.4, 0.5) is 16.2 Å². The summed E-state index contributed by atoms with van der Waals surface area (Å²) in [5.74, 6) is 5.71. The van der Waals surface area contributed by atoms with E-state index in [-0.39, 0.29) is 18.4 Å². The van der Waals surface area contributed by atoms with E-state index in [2.05, 4.69) is 26.2 Å². The van der Waals surface area contributed by atoms with E-state index in [9.17, 15) is 14.4 Å². The van der Waals surface area contributed by atoms with E-state index in [1.165, 1.54) is 14.1 Å². The van der Waals surface area contributed by atoms with Crippen LogP contribution in [0.25, 0.3) is 11.3 Å². The van der Waals surface area contributed by atoms with Gasteiger partial charge in [-0.25, -0.2) is 0 Å². The molecule has 3 aromatic carbocycles. The Morgan fingerprint density at radius 1 is 0.889 bits per heavy atom. The fourth-order valence-electron chi connectivity index (χ4n) is 5.15. The highest BCUT2D eigenvalue weighted by molar-refractivity contribution is 9.10. The number of carbonyl (C=O) groups is 3. The van der Waals surface area contributed by atoms with Gasteiger partial charge in [0.2, 0.25) is 5.88 Å². The normalized spacial score (nSPS) is 12.5. The van der Waals surface area contributed by atoms with Crippen LogP contribution in [0, 0.1) is 0 Å². The first-order chi connectivity index (χ1) is 21.6. The smallest absolute Gasteiger partial charge is 0.362 e. The van der Waals surface area contributed by atoms with Gasteiger partial charge in [-0.1, -0.05) is 42.5 Å². The fraction of sp³-hybridized carbons (Fsp3) is 0.118. The highest BCUT2D eigenvalue weighted by Gasteiger charge is 2.31. The minimum absolute atomic E-state index is 0.236. The Kier molecular flexibility index (Phi) is 8.07. The summed E-state index contributed by atoms with van der Waals surface area (Å²) in [6, 6.07) is 29.1. The van der Waals surface area contributed by atoms with Crippen LogP contribution in [0.1, 0.15) is 32.0 Å². The molecule has 11 heteroatoms. The van der Waals surface area contributed by atoms with Gasteiger partial charge in [-0.15, -0.1) is 0 Å². The maximum Gasteiger partial charge on any atom is 0.542 e. The highest BCUT2D eigenvalue weighted by Crippen LogP contribution is 2.34. The molecule has 0 fully saturated rings. The summed E-state index contributed by atoms with van der Waals surface area (Å²) in [5, 5.41) is 2.95. The number of aromatic nitrogens is 2. The summed E-state index contributed by atoms with van der Waals surface area (Å²) < 4.78 is 7.53. The molecule has 0 saturated carbocycles. The summed E-state index contributed by atoms with van der Waals surface area (Å²) in [4.78, 5) is 46.0. The number of para-hydroxylation sites is 1. The summed E-state index contributed by atoms with van der Waals surface area (Å²) >= 11 is 3.57. The van der Waals surface area contributed by atoms with E-state index in [1.807, 2.05) is 65.2 Å². The number of rotatable bonds is 5. The lowest BCUT2D eigenvalue weighted by Gasteiger charge is -2.23. The third kappa shape index (κ3) is 6.14. The second-order valence-electron chi connectivity index (χ2n) is 11.1. The number of nitrogens with one attached hydrogen (secondary N) is 1. The molecule has 0 spiro atoms. The maximum atomic E-state index is 14.1. The molecule has 226 valence electrons. The van der Waals surface area contributed by atoms with Gasteiger partial charge >= 0.3 is 6.09 Å². The van der Waals surface area contributed by atoms with Crippen molar-refractivity contribution in [2.45, 2.75) is 13.1 Å². The second kappa shape index (κ2) is 12.1. The predicted octanol–water partition coefficient (Wildman–Crippen LogP) is 6.22. The van der Waals surface area contributed by atoms with Crippen LogP contribution in [0.3, 0.4) is 0 Å². The number of hydrogen-bond acceptors (Lipinski definition) is 6. The Hall–Kier alpha value is -5.10. The molecule has 0 radical (unpaired) electrons. The van der Waals surface area contributed by atoms with Crippen LogP contribution < -0.4 is 20.8 Å². The molecule has 5 aromatic rings. The lowest BCUT2D eigenvalue weighted by Crippen LogP contribution is -2.53. The molecule has 0 atom stereocenters.